The SMILES string of the molecule is CCN(C(=O)C1CCC(NC(=O)CC2CCC(S(=O)(=O)CC3CC3)NC2)CC1Cl)C1CCCCC1. The Morgan fingerprint density at radius 2 is 1.69 bits per heavy atom. The van der Waals surface area contributed by atoms with E-state index in [0.717, 1.165) is 45.1 Å². The van der Waals surface area contributed by atoms with E-state index in [9.17, 15) is 18.0 Å². The van der Waals surface area contributed by atoms with Gasteiger partial charge in [0.1, 0.15) is 5.37 Å². The molecule has 4 aliphatic rings. The van der Waals surface area contributed by atoms with Crippen molar-refractivity contribution in [3.8, 4) is 0 Å². The molecule has 5 unspecified atom stereocenters. The zero-order valence-corrected chi connectivity index (χ0v) is 22.8. The lowest BCUT2D eigenvalue weighted by Gasteiger charge is -2.39. The molecule has 5 atom stereocenters. The molecule has 0 bridgehead atoms. The summed E-state index contributed by atoms with van der Waals surface area (Å²) in [5.74, 6) is 0.857. The fraction of sp³-hybridized carbons (Fsp3) is 0.923. The second kappa shape index (κ2) is 12.1. The molecule has 2 N–H and O–H groups in total. The molecule has 3 aliphatic carbocycles. The first-order valence-electron chi connectivity index (χ1n) is 14.0. The zero-order chi connectivity index (χ0) is 25.0. The quantitative estimate of drug-likeness (QED) is 0.445. The van der Waals surface area contributed by atoms with E-state index in [1.54, 1.807) is 0 Å². The Hall–Kier alpha value is -0.860. The molecule has 0 aromatic carbocycles. The third kappa shape index (κ3) is 7.35. The van der Waals surface area contributed by atoms with Crippen LogP contribution in [0.3, 0.4) is 0 Å². The minimum Gasteiger partial charge on any atom is -0.353 e. The molecular weight excluding hydrogens is 486 g/mol. The lowest BCUT2D eigenvalue weighted by molar-refractivity contribution is -0.139. The molecule has 1 saturated heterocycles. The minimum atomic E-state index is -3.09. The Labute approximate surface area is 216 Å². The van der Waals surface area contributed by atoms with Crippen LogP contribution in [0, 0.1) is 17.8 Å². The van der Waals surface area contributed by atoms with Crippen LogP contribution in [-0.2, 0) is 19.4 Å². The summed E-state index contributed by atoms with van der Waals surface area (Å²) in [6.07, 6.45) is 11.8. The van der Waals surface area contributed by atoms with Crippen LogP contribution < -0.4 is 10.6 Å². The van der Waals surface area contributed by atoms with Gasteiger partial charge in [0.25, 0.3) is 0 Å². The summed E-state index contributed by atoms with van der Waals surface area (Å²) in [4.78, 5) is 28.1. The number of rotatable bonds is 9. The molecule has 1 heterocycles. The van der Waals surface area contributed by atoms with Gasteiger partial charge < -0.3 is 15.5 Å². The average Bonchev–Trinajstić information content (AvgIpc) is 3.64. The maximum absolute atomic E-state index is 13.3. The normalized spacial score (nSPS) is 32.7. The number of carbonyl (C=O) groups is 2. The Kier molecular flexibility index (Phi) is 9.41. The van der Waals surface area contributed by atoms with Gasteiger partial charge in [-0.05, 0) is 83.1 Å². The molecule has 0 radical (unpaired) electrons. The first-order chi connectivity index (χ1) is 16.8. The molecule has 4 rings (SSSR count). The van der Waals surface area contributed by atoms with Gasteiger partial charge in [0.2, 0.25) is 11.8 Å². The van der Waals surface area contributed by atoms with Crippen molar-refractivity contribution in [2.45, 2.75) is 113 Å². The van der Waals surface area contributed by atoms with Gasteiger partial charge in [-0.25, -0.2) is 8.42 Å². The summed E-state index contributed by atoms with van der Waals surface area (Å²) >= 11 is 6.72. The molecule has 3 saturated carbocycles. The molecule has 4 fully saturated rings. The number of carbonyl (C=O) groups excluding carboxylic acids is 2. The first kappa shape index (κ1) is 27.2. The van der Waals surface area contributed by atoms with Crippen molar-refractivity contribution in [1.82, 2.24) is 15.5 Å². The third-order valence-corrected chi connectivity index (χ3v) is 11.3. The number of halogens is 1. The standard InChI is InChI=1S/C26H44ClN3O4S/c1-2-30(21-6-4-3-5-7-21)26(32)22-12-11-20(15-23(22)27)29-24(31)14-19-10-13-25(28-16-19)35(33,34)17-18-8-9-18/h18-23,25,28H,2-17H2,1H3,(H,29,31). The van der Waals surface area contributed by atoms with Crippen molar-refractivity contribution >= 4 is 33.3 Å². The van der Waals surface area contributed by atoms with Gasteiger partial charge >= 0.3 is 0 Å². The van der Waals surface area contributed by atoms with E-state index in [1.807, 2.05) is 0 Å². The molecule has 0 aromatic rings. The molecule has 7 nitrogen and oxygen atoms in total. The van der Waals surface area contributed by atoms with Crippen molar-refractivity contribution in [2.75, 3.05) is 18.8 Å². The molecule has 35 heavy (non-hydrogen) atoms. The van der Waals surface area contributed by atoms with Crippen LogP contribution in [0.5, 0.6) is 0 Å². The lowest BCUT2D eigenvalue weighted by Crippen LogP contribution is -2.50. The molecule has 0 spiro atoms. The highest BCUT2D eigenvalue weighted by molar-refractivity contribution is 7.92. The van der Waals surface area contributed by atoms with E-state index in [1.165, 1.54) is 19.3 Å². The van der Waals surface area contributed by atoms with E-state index in [2.05, 4.69) is 22.5 Å². The molecule has 200 valence electrons. The maximum atomic E-state index is 13.3. The number of nitrogens with one attached hydrogen (secondary N) is 2. The van der Waals surface area contributed by atoms with Gasteiger partial charge in [0, 0.05) is 30.4 Å². The molecule has 1 aliphatic heterocycles. The lowest BCUT2D eigenvalue weighted by atomic mass is 9.83. The predicted octanol–water partition coefficient (Wildman–Crippen LogP) is 3.60. The van der Waals surface area contributed by atoms with E-state index in [4.69, 9.17) is 11.6 Å². The fourth-order valence-corrected chi connectivity index (χ4v) is 8.89. The third-order valence-electron chi connectivity index (χ3n) is 8.64. The van der Waals surface area contributed by atoms with Gasteiger partial charge in [-0.2, -0.15) is 0 Å². The van der Waals surface area contributed by atoms with E-state index in [0.29, 0.717) is 49.9 Å². The Morgan fingerprint density at radius 1 is 0.971 bits per heavy atom. The highest BCUT2D eigenvalue weighted by atomic mass is 35.5. The maximum Gasteiger partial charge on any atom is 0.227 e. The first-order valence-corrected chi connectivity index (χ1v) is 16.1. The summed E-state index contributed by atoms with van der Waals surface area (Å²) in [6.45, 7) is 3.36. The van der Waals surface area contributed by atoms with Crippen LogP contribution in [-0.4, -0.2) is 66.8 Å². The fourth-order valence-electron chi connectivity index (χ4n) is 6.37. The van der Waals surface area contributed by atoms with Crippen LogP contribution in [0.2, 0.25) is 0 Å². The zero-order valence-electron chi connectivity index (χ0n) is 21.2. The van der Waals surface area contributed by atoms with Crippen molar-refractivity contribution in [2.24, 2.45) is 17.8 Å². The van der Waals surface area contributed by atoms with Gasteiger partial charge in [0.05, 0.1) is 11.7 Å². The van der Waals surface area contributed by atoms with Crippen molar-refractivity contribution in [1.29, 1.82) is 0 Å². The number of piperidine rings is 1. The van der Waals surface area contributed by atoms with Crippen molar-refractivity contribution < 1.29 is 18.0 Å². The largest absolute Gasteiger partial charge is 0.353 e. The Morgan fingerprint density at radius 3 is 2.29 bits per heavy atom. The van der Waals surface area contributed by atoms with E-state index < -0.39 is 15.2 Å². The summed E-state index contributed by atoms with van der Waals surface area (Å²) < 4.78 is 25.0. The van der Waals surface area contributed by atoms with Crippen molar-refractivity contribution in [3.63, 3.8) is 0 Å². The minimum absolute atomic E-state index is 0.00187. The van der Waals surface area contributed by atoms with Crippen LogP contribution in [0.4, 0.5) is 0 Å². The van der Waals surface area contributed by atoms with Crippen LogP contribution in [0.1, 0.15) is 90.4 Å². The molecule has 9 heteroatoms. The highest BCUT2D eigenvalue weighted by Gasteiger charge is 2.39. The number of hydrogen-bond acceptors (Lipinski definition) is 5. The number of hydrogen-bond donors (Lipinski definition) is 2. The second-order valence-electron chi connectivity index (χ2n) is 11.4. The van der Waals surface area contributed by atoms with Crippen LogP contribution in [0.25, 0.3) is 0 Å². The number of alkyl halides is 1. The summed E-state index contributed by atoms with van der Waals surface area (Å²) in [5.41, 5.74) is 0. The second-order valence-corrected chi connectivity index (χ2v) is 14.2. The average molecular weight is 530 g/mol. The number of sulfone groups is 1. The summed E-state index contributed by atoms with van der Waals surface area (Å²) in [6, 6.07) is 0.358. The van der Waals surface area contributed by atoms with Crippen LogP contribution >= 0.6 is 11.6 Å². The molecule has 2 amide bonds. The number of amides is 2. The smallest absolute Gasteiger partial charge is 0.227 e. The highest BCUT2D eigenvalue weighted by Crippen LogP contribution is 2.34. The van der Waals surface area contributed by atoms with E-state index >= 15 is 0 Å². The topological polar surface area (TPSA) is 95.6 Å². The monoisotopic (exact) mass is 529 g/mol. The molecular formula is C26H44ClN3O4S. The van der Waals surface area contributed by atoms with Gasteiger partial charge in [-0.1, -0.05) is 19.3 Å². The Bertz CT molecular complexity index is 836. The van der Waals surface area contributed by atoms with Gasteiger partial charge in [0.15, 0.2) is 9.84 Å². The Balaban J connectivity index is 1.19. The summed E-state index contributed by atoms with van der Waals surface area (Å²) in [5, 5.41) is 5.62. The van der Waals surface area contributed by atoms with E-state index in [-0.39, 0.29) is 35.1 Å². The van der Waals surface area contributed by atoms with Gasteiger partial charge in [-0.3, -0.25) is 9.59 Å². The van der Waals surface area contributed by atoms with Crippen molar-refractivity contribution in [3.05, 3.63) is 0 Å². The number of nitrogens with zero attached hydrogens (tertiary/aromatic N) is 1. The summed E-state index contributed by atoms with van der Waals surface area (Å²) in [7, 11) is -3.09. The van der Waals surface area contributed by atoms with Gasteiger partial charge in [-0.15, -0.1) is 11.6 Å². The van der Waals surface area contributed by atoms with Crippen LogP contribution in [0.15, 0.2) is 0 Å². The molecule has 0 aromatic heterocycles. The predicted molar refractivity (Wildman–Crippen MR) is 139 cm³/mol.